The number of rotatable bonds is 4. The first kappa shape index (κ1) is 15.2. The molecule has 0 bridgehead atoms. The number of benzene rings is 1. The monoisotopic (exact) mass is 308 g/mol. The first-order chi connectivity index (χ1) is 11.3. The summed E-state index contributed by atoms with van der Waals surface area (Å²) in [6, 6.07) is 14.3. The number of hydrogen-bond acceptors (Lipinski definition) is 5. The molecule has 2 heterocycles. The topological polar surface area (TPSA) is 61.2 Å². The Morgan fingerprint density at radius 2 is 2.09 bits per heavy atom. The van der Waals surface area contributed by atoms with Gasteiger partial charge in [-0.15, -0.1) is 0 Å². The van der Waals surface area contributed by atoms with Crippen molar-refractivity contribution in [3.05, 3.63) is 48.2 Å². The van der Waals surface area contributed by atoms with E-state index in [0.29, 0.717) is 17.4 Å². The molecule has 0 spiro atoms. The van der Waals surface area contributed by atoms with E-state index in [1.54, 1.807) is 25.4 Å². The van der Waals surface area contributed by atoms with Gasteiger partial charge in [-0.05, 0) is 37.1 Å². The quantitative estimate of drug-likeness (QED) is 0.940. The number of hydrogen-bond donors (Lipinski definition) is 1. The second kappa shape index (κ2) is 7.01. The third-order valence-corrected chi connectivity index (χ3v) is 4.18. The largest absolute Gasteiger partial charge is 0.497 e. The molecule has 0 radical (unpaired) electrons. The van der Waals surface area contributed by atoms with Crippen LogP contribution < -0.4 is 15.0 Å². The molecule has 0 atom stereocenters. The third-order valence-electron chi connectivity index (χ3n) is 4.18. The lowest BCUT2D eigenvalue weighted by atomic mass is 10.0. The van der Waals surface area contributed by atoms with Crippen LogP contribution in [0, 0.1) is 11.3 Å². The van der Waals surface area contributed by atoms with E-state index in [1.165, 1.54) is 5.69 Å². The van der Waals surface area contributed by atoms with Gasteiger partial charge in [-0.2, -0.15) is 5.26 Å². The molecule has 3 rings (SSSR count). The summed E-state index contributed by atoms with van der Waals surface area (Å²) >= 11 is 0. The first-order valence-electron chi connectivity index (χ1n) is 7.81. The SMILES string of the molecule is COc1cccc(N2CCC(Nc3ncccc3C#N)CC2)c1. The highest BCUT2D eigenvalue weighted by molar-refractivity contribution is 5.53. The van der Waals surface area contributed by atoms with Gasteiger partial charge in [0.05, 0.1) is 12.7 Å². The zero-order valence-corrected chi connectivity index (χ0v) is 13.2. The molecule has 5 nitrogen and oxygen atoms in total. The molecule has 1 aliphatic rings. The number of ether oxygens (including phenoxy) is 1. The fourth-order valence-electron chi connectivity index (χ4n) is 2.89. The zero-order valence-electron chi connectivity index (χ0n) is 13.2. The smallest absolute Gasteiger partial charge is 0.144 e. The number of aromatic nitrogens is 1. The minimum Gasteiger partial charge on any atom is -0.497 e. The molecule has 0 saturated carbocycles. The number of nitrogens with one attached hydrogen (secondary N) is 1. The molecule has 2 aromatic rings. The lowest BCUT2D eigenvalue weighted by Gasteiger charge is -2.34. The van der Waals surface area contributed by atoms with Crippen molar-refractivity contribution >= 4 is 11.5 Å². The third kappa shape index (κ3) is 3.54. The van der Waals surface area contributed by atoms with Crippen LogP contribution in [-0.2, 0) is 0 Å². The minimum absolute atomic E-state index is 0.346. The molecule has 23 heavy (non-hydrogen) atoms. The lowest BCUT2D eigenvalue weighted by molar-refractivity contribution is 0.414. The number of nitrogens with zero attached hydrogens (tertiary/aromatic N) is 3. The van der Waals surface area contributed by atoms with Crippen LogP contribution >= 0.6 is 0 Å². The Balaban J connectivity index is 1.61. The van der Waals surface area contributed by atoms with E-state index < -0.39 is 0 Å². The van der Waals surface area contributed by atoms with Gasteiger partial charge in [0.25, 0.3) is 0 Å². The highest BCUT2D eigenvalue weighted by Gasteiger charge is 2.20. The molecule has 5 heteroatoms. The van der Waals surface area contributed by atoms with Crippen LogP contribution in [0.4, 0.5) is 11.5 Å². The van der Waals surface area contributed by atoms with Crippen molar-refractivity contribution < 1.29 is 4.74 Å². The van der Waals surface area contributed by atoms with Crippen molar-refractivity contribution in [2.24, 2.45) is 0 Å². The molecular formula is C18H20N4O. The number of anilines is 2. The number of nitriles is 1. The Kier molecular flexibility index (Phi) is 4.62. The van der Waals surface area contributed by atoms with Crippen molar-refractivity contribution in [2.75, 3.05) is 30.4 Å². The van der Waals surface area contributed by atoms with Gasteiger partial charge in [-0.3, -0.25) is 0 Å². The molecule has 1 fully saturated rings. The molecule has 1 aromatic carbocycles. The predicted octanol–water partition coefficient (Wildman–Crippen LogP) is 3.04. The van der Waals surface area contributed by atoms with E-state index in [-0.39, 0.29) is 0 Å². The van der Waals surface area contributed by atoms with E-state index in [2.05, 4.69) is 33.4 Å². The van der Waals surface area contributed by atoms with E-state index >= 15 is 0 Å². The number of methoxy groups -OCH3 is 1. The van der Waals surface area contributed by atoms with E-state index in [9.17, 15) is 0 Å². The Bertz CT molecular complexity index is 702. The van der Waals surface area contributed by atoms with Gasteiger partial charge in [0.1, 0.15) is 17.6 Å². The summed E-state index contributed by atoms with van der Waals surface area (Å²) in [4.78, 5) is 6.65. The van der Waals surface area contributed by atoms with Crippen molar-refractivity contribution in [2.45, 2.75) is 18.9 Å². The molecule has 118 valence electrons. The normalized spacial score (nSPS) is 15.0. The van der Waals surface area contributed by atoms with Gasteiger partial charge in [0.2, 0.25) is 0 Å². The van der Waals surface area contributed by atoms with Gasteiger partial charge < -0.3 is 15.0 Å². The maximum absolute atomic E-state index is 9.14. The average Bonchev–Trinajstić information content (AvgIpc) is 2.63. The Morgan fingerprint density at radius 3 is 2.83 bits per heavy atom. The fraction of sp³-hybridized carbons (Fsp3) is 0.333. The summed E-state index contributed by atoms with van der Waals surface area (Å²) in [5, 5.41) is 12.5. The molecule has 1 aliphatic heterocycles. The van der Waals surface area contributed by atoms with Crippen LogP contribution in [0.1, 0.15) is 18.4 Å². The average molecular weight is 308 g/mol. The van der Waals surface area contributed by atoms with Crippen molar-refractivity contribution in [3.8, 4) is 11.8 Å². The van der Waals surface area contributed by atoms with Crippen molar-refractivity contribution in [1.29, 1.82) is 5.26 Å². The molecule has 1 aromatic heterocycles. The van der Waals surface area contributed by atoms with Gasteiger partial charge in [-0.1, -0.05) is 6.07 Å². The van der Waals surface area contributed by atoms with Crippen molar-refractivity contribution in [1.82, 2.24) is 4.98 Å². The first-order valence-corrected chi connectivity index (χ1v) is 7.81. The summed E-state index contributed by atoms with van der Waals surface area (Å²) in [5.74, 6) is 1.57. The van der Waals surface area contributed by atoms with E-state index in [0.717, 1.165) is 31.7 Å². The predicted molar refractivity (Wildman–Crippen MR) is 90.8 cm³/mol. The molecule has 0 unspecified atom stereocenters. The molecule has 1 N–H and O–H groups in total. The molecule has 1 saturated heterocycles. The molecule has 0 amide bonds. The van der Waals surface area contributed by atoms with Crippen LogP contribution in [0.15, 0.2) is 42.6 Å². The summed E-state index contributed by atoms with van der Waals surface area (Å²) in [7, 11) is 1.69. The van der Waals surface area contributed by atoms with Gasteiger partial charge in [0, 0.05) is 37.1 Å². The van der Waals surface area contributed by atoms with Crippen LogP contribution in [0.5, 0.6) is 5.75 Å². The summed E-state index contributed by atoms with van der Waals surface area (Å²) < 4.78 is 5.29. The standard InChI is InChI=1S/C18H20N4O/c1-23-17-6-2-5-16(12-17)22-10-7-15(8-11-22)21-18-14(13-19)4-3-9-20-18/h2-6,9,12,15H,7-8,10-11H2,1H3,(H,20,21). The highest BCUT2D eigenvalue weighted by Crippen LogP contribution is 2.25. The lowest BCUT2D eigenvalue weighted by Crippen LogP contribution is -2.39. The second-order valence-corrected chi connectivity index (χ2v) is 5.62. The number of pyridine rings is 1. The summed E-state index contributed by atoms with van der Waals surface area (Å²) in [5.41, 5.74) is 1.79. The van der Waals surface area contributed by atoms with E-state index in [4.69, 9.17) is 10.00 Å². The Hall–Kier alpha value is -2.74. The Morgan fingerprint density at radius 1 is 1.26 bits per heavy atom. The van der Waals surface area contributed by atoms with Crippen LogP contribution in [0.3, 0.4) is 0 Å². The maximum Gasteiger partial charge on any atom is 0.144 e. The second-order valence-electron chi connectivity index (χ2n) is 5.62. The Labute approximate surface area is 136 Å². The maximum atomic E-state index is 9.14. The minimum atomic E-state index is 0.346. The summed E-state index contributed by atoms with van der Waals surface area (Å²) in [6.45, 7) is 1.94. The van der Waals surface area contributed by atoms with Gasteiger partial charge in [-0.25, -0.2) is 4.98 Å². The molecular weight excluding hydrogens is 288 g/mol. The zero-order chi connectivity index (χ0) is 16.1. The highest BCUT2D eigenvalue weighted by atomic mass is 16.5. The van der Waals surface area contributed by atoms with Gasteiger partial charge >= 0.3 is 0 Å². The van der Waals surface area contributed by atoms with Crippen LogP contribution in [0.2, 0.25) is 0 Å². The molecule has 0 aliphatic carbocycles. The fourth-order valence-corrected chi connectivity index (χ4v) is 2.89. The number of piperidine rings is 1. The van der Waals surface area contributed by atoms with Crippen LogP contribution in [0.25, 0.3) is 0 Å². The van der Waals surface area contributed by atoms with Gasteiger partial charge in [0.15, 0.2) is 0 Å². The van der Waals surface area contributed by atoms with Crippen molar-refractivity contribution in [3.63, 3.8) is 0 Å². The van der Waals surface area contributed by atoms with Crippen LogP contribution in [-0.4, -0.2) is 31.2 Å². The van der Waals surface area contributed by atoms with E-state index in [1.807, 2.05) is 12.1 Å². The summed E-state index contributed by atoms with van der Waals surface area (Å²) in [6.07, 6.45) is 3.74.